The summed E-state index contributed by atoms with van der Waals surface area (Å²) in [6, 6.07) is 26.0. The third-order valence-corrected chi connectivity index (χ3v) is 12.8. The molecule has 0 saturated heterocycles. The average molecular weight is 904 g/mol. The van der Waals surface area contributed by atoms with Gasteiger partial charge in [0.1, 0.15) is 29.9 Å². The van der Waals surface area contributed by atoms with E-state index in [0.717, 1.165) is 47.9 Å². The molecule has 1 fully saturated rings. The number of carbonyl (C=O) groups excluding carboxylic acids is 1. The van der Waals surface area contributed by atoms with Crippen molar-refractivity contribution in [1.29, 1.82) is 0 Å². The zero-order valence-corrected chi connectivity index (χ0v) is 37.1. The van der Waals surface area contributed by atoms with Gasteiger partial charge in [-0.15, -0.1) is 6.58 Å². The Bertz CT molecular complexity index is 2410. The second-order valence-corrected chi connectivity index (χ2v) is 16.9. The molecule has 66 heavy (non-hydrogen) atoms. The van der Waals surface area contributed by atoms with Crippen LogP contribution in [0.5, 0.6) is 28.7 Å². The van der Waals surface area contributed by atoms with E-state index >= 15 is 0 Å². The minimum atomic E-state index is -1.55. The molecule has 0 bridgehead atoms. The minimum Gasteiger partial charge on any atom is -0.459 e. The van der Waals surface area contributed by atoms with Gasteiger partial charge in [-0.2, -0.15) is 0 Å². The molecule has 1 saturated carbocycles. The monoisotopic (exact) mass is 903 g/mol. The van der Waals surface area contributed by atoms with Gasteiger partial charge in [0.25, 0.3) is 5.69 Å². The van der Waals surface area contributed by atoms with Crippen LogP contribution < -0.4 is 18.9 Å². The first kappa shape index (κ1) is 46.1. The SMILES string of the molecule is C=CCO[C@@]12Oc3ccc(Oc4cccc([N+](=O)[O-])c4)cc3[C@H]3[C@H](CCCCO)[C@@H](CCCCO)C=C(C(=NOCc4ccccc4)C[C@@H]1N(Cc1ccc4c(c1)OCO4)C(=O)OCC)[C@H]32. The third kappa shape index (κ3) is 9.88. The molecule has 4 aromatic rings. The molecule has 0 aromatic heterocycles. The molecule has 2 aliphatic heterocycles. The van der Waals surface area contributed by atoms with Crippen LogP contribution >= 0.6 is 0 Å². The molecule has 2 heterocycles. The van der Waals surface area contributed by atoms with Gasteiger partial charge in [0, 0.05) is 43.7 Å². The molecular formula is C51H57N3O12. The van der Waals surface area contributed by atoms with Gasteiger partial charge in [0.05, 0.1) is 35.8 Å². The Morgan fingerprint density at radius 1 is 0.924 bits per heavy atom. The number of fused-ring (bicyclic) bond motifs is 3. The van der Waals surface area contributed by atoms with Crippen LogP contribution in [-0.4, -0.2) is 76.9 Å². The topological polar surface area (TPSA) is 181 Å². The van der Waals surface area contributed by atoms with Crippen LogP contribution in [0, 0.1) is 27.9 Å². The lowest BCUT2D eigenvalue weighted by Crippen LogP contribution is -2.70. The van der Waals surface area contributed by atoms with Gasteiger partial charge in [-0.3, -0.25) is 15.0 Å². The van der Waals surface area contributed by atoms with Gasteiger partial charge in [-0.05, 0) is 97.5 Å². The molecule has 0 radical (unpaired) electrons. The van der Waals surface area contributed by atoms with Gasteiger partial charge in [-0.1, -0.05) is 72.6 Å². The summed E-state index contributed by atoms with van der Waals surface area (Å²) in [6.07, 6.45) is 7.73. The molecule has 15 nitrogen and oxygen atoms in total. The first-order chi connectivity index (χ1) is 32.3. The quantitative estimate of drug-likeness (QED) is 0.0350. The molecule has 4 aromatic carbocycles. The Labute approximate surface area is 384 Å². The summed E-state index contributed by atoms with van der Waals surface area (Å²) < 4.78 is 38.0. The first-order valence-corrected chi connectivity index (χ1v) is 22.7. The highest BCUT2D eigenvalue weighted by Gasteiger charge is 2.65. The smallest absolute Gasteiger partial charge is 0.410 e. The predicted octanol–water partition coefficient (Wildman–Crippen LogP) is 9.61. The number of nitrogens with zero attached hydrogens (tertiary/aromatic N) is 3. The second-order valence-electron chi connectivity index (χ2n) is 16.9. The van der Waals surface area contributed by atoms with Crippen LogP contribution in [0.15, 0.2) is 120 Å². The molecule has 2 N–H and O–H groups in total. The highest BCUT2D eigenvalue weighted by molar-refractivity contribution is 6.03. The summed E-state index contributed by atoms with van der Waals surface area (Å²) in [6.45, 7) is 6.46. The van der Waals surface area contributed by atoms with E-state index in [9.17, 15) is 25.1 Å². The average Bonchev–Trinajstić information content (AvgIpc) is 3.80. The fourth-order valence-corrected chi connectivity index (χ4v) is 10.0. The van der Waals surface area contributed by atoms with E-state index in [2.05, 4.69) is 12.7 Å². The summed E-state index contributed by atoms with van der Waals surface area (Å²) >= 11 is 0. The molecule has 4 aliphatic rings. The van der Waals surface area contributed by atoms with Crippen LogP contribution in [0.4, 0.5) is 10.5 Å². The van der Waals surface area contributed by atoms with Gasteiger partial charge in [0.15, 0.2) is 11.5 Å². The maximum Gasteiger partial charge on any atom is 0.410 e. The number of aliphatic hydroxyl groups is 2. The Hall–Kier alpha value is -6.42. The summed E-state index contributed by atoms with van der Waals surface area (Å²) in [4.78, 5) is 33.7. The molecule has 15 heteroatoms. The zero-order chi connectivity index (χ0) is 46.0. The first-order valence-electron chi connectivity index (χ1n) is 22.7. The van der Waals surface area contributed by atoms with Crippen molar-refractivity contribution in [2.45, 2.75) is 82.8 Å². The Morgan fingerprint density at radius 3 is 2.47 bits per heavy atom. The van der Waals surface area contributed by atoms with E-state index in [1.807, 2.05) is 60.7 Å². The van der Waals surface area contributed by atoms with Crippen molar-refractivity contribution < 1.29 is 53.2 Å². The molecule has 348 valence electrons. The van der Waals surface area contributed by atoms with Crippen molar-refractivity contribution in [3.63, 3.8) is 0 Å². The van der Waals surface area contributed by atoms with Crippen molar-refractivity contribution >= 4 is 17.5 Å². The number of benzene rings is 4. The number of hydrogen-bond donors (Lipinski definition) is 2. The number of unbranched alkanes of at least 4 members (excludes halogenated alkanes) is 2. The lowest BCUT2D eigenvalue weighted by Gasteiger charge is -2.59. The third-order valence-electron chi connectivity index (χ3n) is 12.8. The number of non-ortho nitro benzene ring substituents is 1. The summed E-state index contributed by atoms with van der Waals surface area (Å²) in [5, 5.41) is 36.6. The van der Waals surface area contributed by atoms with E-state index in [1.165, 1.54) is 12.1 Å². The molecule has 0 unspecified atom stereocenters. The van der Waals surface area contributed by atoms with E-state index < -0.39 is 28.8 Å². The number of carbonyl (C=O) groups is 1. The maximum atomic E-state index is 14.6. The number of oxime groups is 1. The Balaban J connectivity index is 1.33. The zero-order valence-electron chi connectivity index (χ0n) is 37.1. The number of amides is 1. The standard InChI is InChI=1S/C51H57N3O12/c1-3-25-63-51-47(53(50(57)60-4-2)31-35-19-21-45-46(26-35)62-33-61-45)30-43(52-64-32-34-13-6-5-7-14-34)41-27-36(15-8-10-23-55)40(18-9-11-24-56)48(49(41)51)42-29-39(20-22-44(42)66-51)65-38-17-12-16-37(28-38)54(58)59/h3,5-7,12-14,16-17,19-22,26-29,36,40,47-49,55-56H,1,4,8-11,15,18,23-25,30-33H2,2H3/t36-,40+,47-,48+,49+,51+/m0/s1. The van der Waals surface area contributed by atoms with E-state index in [0.29, 0.717) is 47.3 Å². The molecular weight excluding hydrogens is 847 g/mol. The molecule has 8 rings (SSSR count). The van der Waals surface area contributed by atoms with Crippen molar-refractivity contribution in [2.75, 3.05) is 33.2 Å². The van der Waals surface area contributed by atoms with Crippen LogP contribution in [-0.2, 0) is 27.5 Å². The number of ether oxygens (including phenoxy) is 6. The van der Waals surface area contributed by atoms with Gasteiger partial charge in [-0.25, -0.2) is 4.79 Å². The maximum absolute atomic E-state index is 14.6. The van der Waals surface area contributed by atoms with Crippen molar-refractivity contribution in [1.82, 2.24) is 4.90 Å². The van der Waals surface area contributed by atoms with Crippen molar-refractivity contribution in [3.05, 3.63) is 142 Å². The second kappa shape index (κ2) is 21.3. The number of nitro benzene ring substituents is 1. The number of hydrogen-bond acceptors (Lipinski definition) is 13. The lowest BCUT2D eigenvalue weighted by atomic mass is 9.55. The van der Waals surface area contributed by atoms with Gasteiger partial charge in [0.2, 0.25) is 12.6 Å². The van der Waals surface area contributed by atoms with E-state index in [1.54, 1.807) is 36.1 Å². The van der Waals surface area contributed by atoms with Gasteiger partial charge >= 0.3 is 6.09 Å². The fourth-order valence-electron chi connectivity index (χ4n) is 10.0. The Kier molecular flexibility index (Phi) is 14.9. The molecule has 0 spiro atoms. The summed E-state index contributed by atoms with van der Waals surface area (Å²) in [7, 11) is 0. The largest absolute Gasteiger partial charge is 0.459 e. The van der Waals surface area contributed by atoms with Crippen molar-refractivity contribution in [2.24, 2.45) is 22.9 Å². The van der Waals surface area contributed by atoms with Crippen molar-refractivity contribution in [3.8, 4) is 28.7 Å². The van der Waals surface area contributed by atoms with Crippen LogP contribution in [0.3, 0.4) is 0 Å². The lowest BCUT2D eigenvalue weighted by molar-refractivity contribution is -0.384. The number of rotatable bonds is 21. The van der Waals surface area contributed by atoms with Crippen LogP contribution in [0.1, 0.15) is 74.5 Å². The minimum absolute atomic E-state index is 0.0124. The molecule has 6 atom stereocenters. The van der Waals surface area contributed by atoms with E-state index in [4.69, 9.17) is 38.4 Å². The predicted molar refractivity (Wildman–Crippen MR) is 244 cm³/mol. The fraction of sp³-hybridized carbons (Fsp3) is 0.412. The molecule has 1 amide bonds. The summed E-state index contributed by atoms with van der Waals surface area (Å²) in [5.41, 5.74) is 3.91. The highest BCUT2D eigenvalue weighted by atomic mass is 16.7. The van der Waals surface area contributed by atoms with E-state index in [-0.39, 0.29) is 76.2 Å². The number of nitro groups is 1. The normalized spacial score (nSPS) is 22.9. The van der Waals surface area contributed by atoms with Crippen LogP contribution in [0.2, 0.25) is 0 Å². The Morgan fingerprint density at radius 2 is 1.70 bits per heavy atom. The number of aliphatic hydroxyl groups excluding tert-OH is 2. The van der Waals surface area contributed by atoms with Gasteiger partial charge < -0.3 is 43.5 Å². The number of allylic oxidation sites excluding steroid dienone is 1. The molecule has 2 aliphatic carbocycles. The highest BCUT2D eigenvalue weighted by Crippen LogP contribution is 2.62. The summed E-state index contributed by atoms with van der Waals surface area (Å²) in [5.74, 6) is -0.122. The van der Waals surface area contributed by atoms with Crippen LogP contribution in [0.25, 0.3) is 0 Å².